The molecule has 1 fully saturated rings. The summed E-state index contributed by atoms with van der Waals surface area (Å²) in [5.41, 5.74) is 2.29. The summed E-state index contributed by atoms with van der Waals surface area (Å²) in [7, 11) is 0. The van der Waals surface area contributed by atoms with Crippen molar-refractivity contribution in [3.8, 4) is 11.5 Å². The van der Waals surface area contributed by atoms with E-state index in [2.05, 4.69) is 11.8 Å². The first kappa shape index (κ1) is 20.7. The van der Waals surface area contributed by atoms with Crippen LogP contribution in [0.25, 0.3) is 0 Å². The maximum Gasteiger partial charge on any atom is 0.416 e. The molecule has 0 amide bonds. The summed E-state index contributed by atoms with van der Waals surface area (Å²) in [6, 6.07) is 21.3. The number of nitrogens with zero attached hydrogens (tertiary/aromatic N) is 1. The first-order valence-corrected chi connectivity index (χ1v) is 10.9. The predicted molar refractivity (Wildman–Crippen MR) is 116 cm³/mol. The van der Waals surface area contributed by atoms with E-state index in [1.165, 1.54) is 17.7 Å². The molecule has 1 aliphatic rings. The lowest BCUT2D eigenvalue weighted by Gasteiger charge is -2.27. The second-order valence-electron chi connectivity index (χ2n) is 7.13. The molecular weight excluding hydrogens is 407 g/mol. The van der Waals surface area contributed by atoms with Gasteiger partial charge in [-0.25, -0.2) is 0 Å². The van der Waals surface area contributed by atoms with Crippen LogP contribution in [-0.4, -0.2) is 12.3 Å². The molecule has 1 atom stereocenters. The van der Waals surface area contributed by atoms with Gasteiger partial charge >= 0.3 is 6.18 Å². The third-order valence-corrected chi connectivity index (χ3v) is 6.39. The molecule has 0 bridgehead atoms. The van der Waals surface area contributed by atoms with Gasteiger partial charge in [-0.2, -0.15) is 13.2 Å². The van der Waals surface area contributed by atoms with Gasteiger partial charge in [0.2, 0.25) is 0 Å². The second kappa shape index (κ2) is 8.64. The average molecular weight is 430 g/mol. The number of thioether (sulfide) groups is 1. The molecule has 0 aromatic heterocycles. The highest BCUT2D eigenvalue weighted by molar-refractivity contribution is 7.99. The fourth-order valence-electron chi connectivity index (χ4n) is 3.51. The normalized spacial score (nSPS) is 16.7. The number of anilines is 1. The van der Waals surface area contributed by atoms with Crippen molar-refractivity contribution in [1.82, 2.24) is 0 Å². The Morgan fingerprint density at radius 2 is 1.63 bits per heavy atom. The average Bonchev–Trinajstić information content (AvgIpc) is 3.24. The van der Waals surface area contributed by atoms with Gasteiger partial charge in [-0.15, -0.1) is 11.8 Å². The molecule has 0 radical (unpaired) electrons. The number of aryl methyl sites for hydroxylation is 1. The molecule has 1 unspecified atom stereocenters. The number of ether oxygens (including phenoxy) is 1. The Hall–Kier alpha value is -2.60. The molecule has 0 spiro atoms. The number of benzene rings is 3. The number of hydrogen-bond acceptors (Lipinski definition) is 3. The fraction of sp³-hybridized carbons (Fsp3) is 0.250. The van der Waals surface area contributed by atoms with Gasteiger partial charge < -0.3 is 9.64 Å². The van der Waals surface area contributed by atoms with Crippen LogP contribution < -0.4 is 9.64 Å². The van der Waals surface area contributed by atoms with E-state index in [9.17, 15) is 13.2 Å². The largest absolute Gasteiger partial charge is 0.457 e. The zero-order valence-electron chi connectivity index (χ0n) is 16.5. The van der Waals surface area contributed by atoms with Crippen molar-refractivity contribution in [2.24, 2.45) is 0 Å². The van der Waals surface area contributed by atoms with Gasteiger partial charge in [0.25, 0.3) is 0 Å². The molecular formula is C24H22F3NOS. The van der Waals surface area contributed by atoms with Crippen molar-refractivity contribution in [3.05, 3.63) is 89.5 Å². The van der Waals surface area contributed by atoms with Crippen molar-refractivity contribution in [2.75, 3.05) is 17.2 Å². The van der Waals surface area contributed by atoms with Crippen LogP contribution in [0.2, 0.25) is 0 Å². The minimum atomic E-state index is -4.33. The second-order valence-corrected chi connectivity index (χ2v) is 8.32. The van der Waals surface area contributed by atoms with Gasteiger partial charge in [0.05, 0.1) is 5.56 Å². The minimum absolute atomic E-state index is 0.138. The van der Waals surface area contributed by atoms with Crippen molar-refractivity contribution in [1.29, 1.82) is 0 Å². The molecule has 0 aliphatic carbocycles. The summed E-state index contributed by atoms with van der Waals surface area (Å²) in [6.07, 6.45) is -3.35. The molecule has 30 heavy (non-hydrogen) atoms. The molecule has 2 nitrogen and oxygen atoms in total. The molecule has 4 rings (SSSR count). The SMILES string of the molecule is CCc1ccc(Oc2ccc(N3CCSC3c3cccc(C(F)(F)F)c3)cc2)cc1. The fourth-order valence-corrected chi connectivity index (χ4v) is 4.79. The summed E-state index contributed by atoms with van der Waals surface area (Å²) in [5.74, 6) is 2.37. The third kappa shape index (κ3) is 4.59. The predicted octanol–water partition coefficient (Wildman–Crippen LogP) is 7.31. The van der Waals surface area contributed by atoms with Crippen molar-refractivity contribution < 1.29 is 17.9 Å². The van der Waals surface area contributed by atoms with Gasteiger partial charge in [0.1, 0.15) is 16.9 Å². The maximum absolute atomic E-state index is 13.1. The molecule has 156 valence electrons. The van der Waals surface area contributed by atoms with E-state index in [0.717, 1.165) is 42.0 Å². The molecule has 3 aromatic carbocycles. The molecule has 0 N–H and O–H groups in total. The summed E-state index contributed by atoms with van der Waals surface area (Å²) >= 11 is 1.66. The van der Waals surface area contributed by atoms with Gasteiger partial charge in [-0.3, -0.25) is 0 Å². The molecule has 3 aromatic rings. The van der Waals surface area contributed by atoms with E-state index in [1.807, 2.05) is 48.5 Å². The first-order chi connectivity index (χ1) is 14.4. The Morgan fingerprint density at radius 3 is 2.27 bits per heavy atom. The number of alkyl halides is 3. The van der Waals surface area contributed by atoms with E-state index in [-0.39, 0.29) is 5.37 Å². The van der Waals surface area contributed by atoms with E-state index >= 15 is 0 Å². The zero-order chi connectivity index (χ0) is 21.1. The Kier molecular flexibility index (Phi) is 5.95. The lowest BCUT2D eigenvalue weighted by Crippen LogP contribution is -2.22. The molecule has 0 saturated carbocycles. The summed E-state index contributed by atoms with van der Waals surface area (Å²) in [6.45, 7) is 2.89. The standard InChI is InChI=1S/C24H22F3NOS/c1-2-17-6-10-21(11-7-17)29-22-12-8-20(9-13-22)28-14-15-30-23(28)18-4-3-5-19(16-18)24(25,26)27/h3-13,16,23H,2,14-15H2,1H3. The molecule has 1 saturated heterocycles. The monoisotopic (exact) mass is 429 g/mol. The number of halogens is 3. The van der Waals surface area contributed by atoms with Crippen LogP contribution in [0.15, 0.2) is 72.8 Å². The quantitative estimate of drug-likeness (QED) is 0.422. The highest BCUT2D eigenvalue weighted by atomic mass is 32.2. The van der Waals surface area contributed by atoms with Gasteiger partial charge in [0.15, 0.2) is 0 Å². The summed E-state index contributed by atoms with van der Waals surface area (Å²) < 4.78 is 45.2. The van der Waals surface area contributed by atoms with Crippen LogP contribution in [0.5, 0.6) is 11.5 Å². The topological polar surface area (TPSA) is 12.5 Å². The van der Waals surface area contributed by atoms with Crippen LogP contribution in [0.1, 0.15) is 29.0 Å². The maximum atomic E-state index is 13.1. The molecule has 6 heteroatoms. The first-order valence-electron chi connectivity index (χ1n) is 9.86. The van der Waals surface area contributed by atoms with Gasteiger partial charge in [0, 0.05) is 18.0 Å². The van der Waals surface area contributed by atoms with Gasteiger partial charge in [-0.05, 0) is 66.1 Å². The van der Waals surface area contributed by atoms with E-state index in [4.69, 9.17) is 4.74 Å². The zero-order valence-corrected chi connectivity index (χ0v) is 17.3. The van der Waals surface area contributed by atoms with E-state index < -0.39 is 11.7 Å². The van der Waals surface area contributed by atoms with Gasteiger partial charge in [-0.1, -0.05) is 31.2 Å². The van der Waals surface area contributed by atoms with Crippen LogP contribution in [0, 0.1) is 0 Å². The van der Waals surface area contributed by atoms with Crippen LogP contribution in [0.4, 0.5) is 18.9 Å². The Morgan fingerprint density at radius 1 is 0.967 bits per heavy atom. The molecule has 1 heterocycles. The Balaban J connectivity index is 1.50. The number of rotatable bonds is 5. The van der Waals surface area contributed by atoms with Crippen molar-refractivity contribution in [2.45, 2.75) is 24.9 Å². The lowest BCUT2D eigenvalue weighted by molar-refractivity contribution is -0.137. The molecule has 1 aliphatic heterocycles. The summed E-state index contributed by atoms with van der Waals surface area (Å²) in [5, 5.41) is -0.138. The van der Waals surface area contributed by atoms with E-state index in [0.29, 0.717) is 5.56 Å². The van der Waals surface area contributed by atoms with Crippen LogP contribution in [0.3, 0.4) is 0 Å². The third-order valence-electron chi connectivity index (χ3n) is 5.13. The Labute approximate surface area is 178 Å². The van der Waals surface area contributed by atoms with Crippen molar-refractivity contribution >= 4 is 17.4 Å². The minimum Gasteiger partial charge on any atom is -0.457 e. The van der Waals surface area contributed by atoms with E-state index in [1.54, 1.807) is 17.8 Å². The Bertz CT molecular complexity index is 987. The lowest BCUT2D eigenvalue weighted by atomic mass is 10.1. The highest BCUT2D eigenvalue weighted by Crippen LogP contribution is 2.42. The smallest absolute Gasteiger partial charge is 0.416 e. The highest BCUT2D eigenvalue weighted by Gasteiger charge is 2.33. The van der Waals surface area contributed by atoms with Crippen molar-refractivity contribution in [3.63, 3.8) is 0 Å². The summed E-state index contributed by atoms with van der Waals surface area (Å²) in [4.78, 5) is 2.14. The number of hydrogen-bond donors (Lipinski definition) is 0. The van der Waals surface area contributed by atoms with Crippen LogP contribution >= 0.6 is 11.8 Å². The van der Waals surface area contributed by atoms with Crippen LogP contribution in [-0.2, 0) is 12.6 Å².